The maximum absolute atomic E-state index is 13.2. The molecule has 2 N–H and O–H groups in total. The highest BCUT2D eigenvalue weighted by Crippen LogP contribution is 2.38. The van der Waals surface area contributed by atoms with E-state index in [4.69, 9.17) is 17.3 Å². The van der Waals surface area contributed by atoms with Crippen molar-refractivity contribution in [1.82, 2.24) is 9.80 Å². The molecule has 2 aliphatic rings. The van der Waals surface area contributed by atoms with Crippen molar-refractivity contribution in [3.63, 3.8) is 0 Å². The summed E-state index contributed by atoms with van der Waals surface area (Å²) in [5, 5.41) is 0.112. The number of hydrogen-bond donors (Lipinski definition) is 1. The molecule has 0 spiro atoms. The summed E-state index contributed by atoms with van der Waals surface area (Å²) in [4.78, 5) is 28.9. The molecule has 0 aromatic heterocycles. The van der Waals surface area contributed by atoms with E-state index in [1.165, 1.54) is 18.6 Å². The van der Waals surface area contributed by atoms with Gasteiger partial charge in [0.1, 0.15) is 5.82 Å². The van der Waals surface area contributed by atoms with E-state index in [9.17, 15) is 14.0 Å². The largest absolute Gasteiger partial charge is 0.339 e. The predicted octanol–water partition coefficient (Wildman–Crippen LogP) is 3.48. The summed E-state index contributed by atoms with van der Waals surface area (Å²) in [5.41, 5.74) is 6.25. The van der Waals surface area contributed by atoms with Gasteiger partial charge < -0.3 is 15.5 Å². The monoisotopic (exact) mass is 431 g/mol. The van der Waals surface area contributed by atoms with Gasteiger partial charge in [0.2, 0.25) is 5.91 Å². The average Bonchev–Trinajstić information content (AvgIpc) is 2.68. The molecule has 28 heavy (non-hydrogen) atoms. The quantitative estimate of drug-likeness (QED) is 0.792. The molecule has 2 fully saturated rings. The molecular formula is C20H28Cl2FN3O2. The van der Waals surface area contributed by atoms with Crippen LogP contribution in [0, 0.1) is 11.2 Å². The van der Waals surface area contributed by atoms with Crippen LogP contribution in [-0.4, -0.2) is 54.3 Å². The molecule has 1 saturated heterocycles. The van der Waals surface area contributed by atoms with E-state index < -0.39 is 5.82 Å². The zero-order valence-corrected chi connectivity index (χ0v) is 17.5. The predicted molar refractivity (Wildman–Crippen MR) is 110 cm³/mol. The molecule has 0 bridgehead atoms. The average molecular weight is 432 g/mol. The fraction of sp³-hybridized carbons (Fsp3) is 0.600. The zero-order chi connectivity index (χ0) is 19.4. The normalized spacial score (nSPS) is 19.1. The molecule has 1 heterocycles. The lowest BCUT2D eigenvalue weighted by Gasteiger charge is -2.39. The topological polar surface area (TPSA) is 66.6 Å². The number of amides is 2. The van der Waals surface area contributed by atoms with Gasteiger partial charge in [-0.25, -0.2) is 4.39 Å². The molecule has 1 aliphatic carbocycles. The molecule has 2 amide bonds. The minimum absolute atomic E-state index is 0. The van der Waals surface area contributed by atoms with Gasteiger partial charge in [0.25, 0.3) is 5.91 Å². The van der Waals surface area contributed by atoms with Crippen LogP contribution in [0.1, 0.15) is 48.9 Å². The van der Waals surface area contributed by atoms with Gasteiger partial charge in [-0.1, -0.05) is 30.9 Å². The van der Waals surface area contributed by atoms with Crippen molar-refractivity contribution < 1.29 is 14.0 Å². The number of nitrogens with two attached hydrogens (primary N) is 1. The lowest BCUT2D eigenvalue weighted by molar-refractivity contribution is -0.135. The van der Waals surface area contributed by atoms with Crippen LogP contribution in [0.4, 0.5) is 4.39 Å². The van der Waals surface area contributed by atoms with Crippen LogP contribution >= 0.6 is 24.0 Å². The van der Waals surface area contributed by atoms with Crippen molar-refractivity contribution in [3.8, 4) is 0 Å². The van der Waals surface area contributed by atoms with Crippen molar-refractivity contribution in [2.75, 3.05) is 32.7 Å². The summed E-state index contributed by atoms with van der Waals surface area (Å²) >= 11 is 6.00. The van der Waals surface area contributed by atoms with Crippen LogP contribution in [0.15, 0.2) is 18.2 Å². The summed E-state index contributed by atoms with van der Waals surface area (Å²) in [5.74, 6) is -0.560. The molecule has 5 nitrogen and oxygen atoms in total. The molecule has 1 aromatic rings. The van der Waals surface area contributed by atoms with Gasteiger partial charge in [0, 0.05) is 32.6 Å². The molecule has 0 radical (unpaired) electrons. The van der Waals surface area contributed by atoms with Crippen molar-refractivity contribution in [2.24, 2.45) is 11.1 Å². The highest BCUT2D eigenvalue weighted by Gasteiger charge is 2.35. The van der Waals surface area contributed by atoms with E-state index in [0.29, 0.717) is 44.7 Å². The Morgan fingerprint density at radius 2 is 1.68 bits per heavy atom. The summed E-state index contributed by atoms with van der Waals surface area (Å²) in [7, 11) is 0. The second-order valence-electron chi connectivity index (χ2n) is 7.74. The van der Waals surface area contributed by atoms with Crippen LogP contribution in [0.5, 0.6) is 0 Å². The minimum Gasteiger partial charge on any atom is -0.339 e. The molecule has 1 aromatic carbocycles. The maximum Gasteiger partial charge on any atom is 0.255 e. The number of carbonyl (C=O) groups excluding carboxylic acids is 2. The third-order valence-corrected chi connectivity index (χ3v) is 6.27. The Balaban J connectivity index is 0.00000280. The van der Waals surface area contributed by atoms with E-state index in [2.05, 4.69) is 0 Å². The van der Waals surface area contributed by atoms with Crippen LogP contribution in [0.25, 0.3) is 0 Å². The van der Waals surface area contributed by atoms with E-state index in [-0.39, 0.29) is 34.7 Å². The smallest absolute Gasteiger partial charge is 0.255 e. The van der Waals surface area contributed by atoms with Crippen molar-refractivity contribution in [3.05, 3.63) is 34.6 Å². The minimum atomic E-state index is -0.469. The van der Waals surface area contributed by atoms with Crippen molar-refractivity contribution in [2.45, 2.75) is 38.5 Å². The number of piperazine rings is 1. The summed E-state index contributed by atoms with van der Waals surface area (Å²) in [6, 6.07) is 3.78. The Labute approximate surface area is 176 Å². The molecular weight excluding hydrogens is 404 g/mol. The van der Waals surface area contributed by atoms with Gasteiger partial charge in [-0.15, -0.1) is 12.4 Å². The standard InChI is InChI=1S/C20H27ClFN3O2.ClH/c21-17-12-15(22)4-5-16(17)19(27)25-10-8-24(9-11-25)18(26)13-20(14-23)6-2-1-3-7-20;/h4-5,12H,1-3,6-11,13-14,23H2;1H. The first-order chi connectivity index (χ1) is 12.9. The first kappa shape index (κ1) is 22.9. The molecule has 1 saturated carbocycles. The number of rotatable bonds is 4. The van der Waals surface area contributed by atoms with Crippen molar-refractivity contribution in [1.29, 1.82) is 0 Å². The summed E-state index contributed by atoms with van der Waals surface area (Å²) in [6.07, 6.45) is 6.06. The van der Waals surface area contributed by atoms with Gasteiger partial charge in [0.05, 0.1) is 10.6 Å². The highest BCUT2D eigenvalue weighted by molar-refractivity contribution is 6.33. The summed E-state index contributed by atoms with van der Waals surface area (Å²) in [6.45, 7) is 2.47. The Hall–Kier alpha value is -1.37. The molecule has 3 rings (SSSR count). The van der Waals surface area contributed by atoms with Gasteiger partial charge in [-0.3, -0.25) is 9.59 Å². The first-order valence-electron chi connectivity index (χ1n) is 9.66. The Kier molecular flexibility index (Phi) is 8.10. The summed E-state index contributed by atoms with van der Waals surface area (Å²) < 4.78 is 13.2. The molecule has 0 atom stereocenters. The van der Waals surface area contributed by atoms with E-state index in [1.807, 2.05) is 4.90 Å². The van der Waals surface area contributed by atoms with Gasteiger partial charge in [-0.05, 0) is 43.0 Å². The van der Waals surface area contributed by atoms with Crippen LogP contribution in [0.2, 0.25) is 5.02 Å². The van der Waals surface area contributed by atoms with E-state index in [0.717, 1.165) is 31.7 Å². The fourth-order valence-electron chi connectivity index (χ4n) is 4.18. The van der Waals surface area contributed by atoms with E-state index in [1.54, 1.807) is 4.90 Å². The number of nitrogens with zero attached hydrogens (tertiary/aromatic N) is 2. The Morgan fingerprint density at radius 3 is 2.25 bits per heavy atom. The maximum atomic E-state index is 13.2. The second kappa shape index (κ2) is 9.90. The second-order valence-corrected chi connectivity index (χ2v) is 8.15. The Morgan fingerprint density at radius 1 is 1.07 bits per heavy atom. The lowest BCUT2D eigenvalue weighted by Crippen LogP contribution is -2.52. The van der Waals surface area contributed by atoms with Crippen LogP contribution in [-0.2, 0) is 4.79 Å². The molecule has 156 valence electrons. The number of benzene rings is 1. The van der Waals surface area contributed by atoms with Gasteiger partial charge >= 0.3 is 0 Å². The highest BCUT2D eigenvalue weighted by atomic mass is 35.5. The SMILES string of the molecule is Cl.NCC1(CC(=O)N2CCN(C(=O)c3ccc(F)cc3Cl)CC2)CCCCC1. The van der Waals surface area contributed by atoms with Gasteiger partial charge in [-0.2, -0.15) is 0 Å². The number of halogens is 3. The fourth-order valence-corrected chi connectivity index (χ4v) is 4.43. The molecule has 8 heteroatoms. The van der Waals surface area contributed by atoms with Crippen molar-refractivity contribution >= 4 is 35.8 Å². The molecule has 1 aliphatic heterocycles. The zero-order valence-electron chi connectivity index (χ0n) is 16.0. The number of hydrogen-bond acceptors (Lipinski definition) is 3. The number of carbonyl (C=O) groups is 2. The lowest BCUT2D eigenvalue weighted by atomic mass is 9.71. The van der Waals surface area contributed by atoms with Crippen LogP contribution in [0.3, 0.4) is 0 Å². The van der Waals surface area contributed by atoms with Gasteiger partial charge in [0.15, 0.2) is 0 Å². The molecule has 0 unspecified atom stereocenters. The third kappa shape index (κ3) is 5.16. The first-order valence-corrected chi connectivity index (χ1v) is 10.0. The van der Waals surface area contributed by atoms with Crippen LogP contribution < -0.4 is 5.73 Å². The third-order valence-electron chi connectivity index (χ3n) is 5.95. The Bertz CT molecular complexity index is 703. The van der Waals surface area contributed by atoms with E-state index >= 15 is 0 Å².